The van der Waals surface area contributed by atoms with E-state index >= 15 is 0 Å². The molecule has 68 valence electrons. The fourth-order valence-corrected chi connectivity index (χ4v) is 1.31. The zero-order valence-electron chi connectivity index (χ0n) is 6.43. The Labute approximate surface area is 77.8 Å². The Kier molecular flexibility index (Phi) is 2.81. The first-order chi connectivity index (χ1) is 6.11. The first kappa shape index (κ1) is 9.47. The maximum absolute atomic E-state index is 11.1. The smallest absolute Gasteiger partial charge is 0.371 e. The van der Waals surface area contributed by atoms with Crippen LogP contribution in [0.15, 0.2) is 29.3 Å². The molecule has 0 radical (unpaired) electrons. The Bertz CT molecular complexity index is 350. The lowest BCUT2D eigenvalue weighted by Crippen LogP contribution is -2.02. The minimum absolute atomic E-state index is 0.396. The number of thiophene rings is 1. The fraction of sp³-hybridized carbons (Fsp3) is 0. The molecule has 0 saturated heterocycles. The monoisotopic (exact) mass is 198 g/mol. The van der Waals surface area contributed by atoms with Gasteiger partial charge in [0.2, 0.25) is 5.76 Å². The highest BCUT2D eigenvalue weighted by atomic mass is 32.1. The number of hydrogen-bond acceptors (Lipinski definition) is 4. The van der Waals surface area contributed by atoms with Crippen LogP contribution in [-0.2, 0) is 4.79 Å². The zero-order valence-corrected chi connectivity index (χ0v) is 7.25. The standard InChI is InChI=1S/C8H6O4S/c9-5(4-6(10)8(11)12)7-2-1-3-13-7/h1-4,10H,(H,11,12)/b6-4-. The van der Waals surface area contributed by atoms with Gasteiger partial charge >= 0.3 is 5.97 Å². The van der Waals surface area contributed by atoms with Gasteiger partial charge in [-0.2, -0.15) is 0 Å². The average molecular weight is 198 g/mol. The number of aliphatic carboxylic acids is 1. The third-order valence-corrected chi connectivity index (χ3v) is 2.14. The van der Waals surface area contributed by atoms with Crippen molar-refractivity contribution in [1.82, 2.24) is 0 Å². The summed E-state index contributed by atoms with van der Waals surface area (Å²) in [5.41, 5.74) is 0. The Balaban J connectivity index is 2.82. The summed E-state index contributed by atoms with van der Waals surface area (Å²) in [5.74, 6) is -2.96. The summed E-state index contributed by atoms with van der Waals surface area (Å²) in [6.45, 7) is 0. The van der Waals surface area contributed by atoms with Crippen molar-refractivity contribution in [2.24, 2.45) is 0 Å². The van der Waals surface area contributed by atoms with Gasteiger partial charge in [0.1, 0.15) is 0 Å². The molecule has 1 aromatic heterocycles. The van der Waals surface area contributed by atoms with E-state index in [2.05, 4.69) is 0 Å². The van der Waals surface area contributed by atoms with E-state index in [0.29, 0.717) is 11.0 Å². The van der Waals surface area contributed by atoms with E-state index in [9.17, 15) is 9.59 Å². The van der Waals surface area contributed by atoms with Gasteiger partial charge in [-0.05, 0) is 11.4 Å². The van der Waals surface area contributed by atoms with Crippen LogP contribution in [0.3, 0.4) is 0 Å². The van der Waals surface area contributed by atoms with E-state index in [1.807, 2.05) is 0 Å². The Morgan fingerprint density at radius 1 is 1.38 bits per heavy atom. The molecule has 1 aromatic rings. The molecule has 0 saturated carbocycles. The number of hydrogen-bond donors (Lipinski definition) is 2. The second kappa shape index (κ2) is 3.86. The van der Waals surface area contributed by atoms with E-state index in [1.165, 1.54) is 11.3 Å². The zero-order chi connectivity index (χ0) is 9.84. The highest BCUT2D eigenvalue weighted by molar-refractivity contribution is 7.12. The van der Waals surface area contributed by atoms with Gasteiger partial charge < -0.3 is 10.2 Å². The quantitative estimate of drug-likeness (QED) is 0.438. The van der Waals surface area contributed by atoms with Crippen molar-refractivity contribution in [3.8, 4) is 0 Å². The number of ketones is 1. The minimum atomic E-state index is -1.51. The SMILES string of the molecule is O=C(O)/C(O)=C/C(=O)c1cccs1. The first-order valence-corrected chi connectivity index (χ1v) is 4.21. The van der Waals surface area contributed by atoms with Crippen LogP contribution in [0.1, 0.15) is 9.67 Å². The van der Waals surface area contributed by atoms with Gasteiger partial charge in [-0.3, -0.25) is 4.79 Å². The number of carbonyl (C=O) groups excluding carboxylic acids is 1. The first-order valence-electron chi connectivity index (χ1n) is 3.33. The van der Waals surface area contributed by atoms with Crippen molar-refractivity contribution < 1.29 is 19.8 Å². The van der Waals surface area contributed by atoms with Gasteiger partial charge in [0.05, 0.1) is 4.88 Å². The molecule has 0 aliphatic heterocycles. The lowest BCUT2D eigenvalue weighted by molar-refractivity contribution is -0.135. The van der Waals surface area contributed by atoms with Gasteiger partial charge in [0.15, 0.2) is 5.78 Å². The van der Waals surface area contributed by atoms with E-state index in [4.69, 9.17) is 10.2 Å². The largest absolute Gasteiger partial charge is 0.502 e. The molecule has 2 N–H and O–H groups in total. The second-order valence-corrected chi connectivity index (χ2v) is 3.12. The minimum Gasteiger partial charge on any atom is -0.502 e. The van der Waals surface area contributed by atoms with Gasteiger partial charge in [-0.25, -0.2) is 4.79 Å². The van der Waals surface area contributed by atoms with Gasteiger partial charge in [0, 0.05) is 6.08 Å². The van der Waals surface area contributed by atoms with Crippen molar-refractivity contribution in [1.29, 1.82) is 0 Å². The molecule has 1 heterocycles. The van der Waals surface area contributed by atoms with Crippen LogP contribution in [0, 0.1) is 0 Å². The number of carbonyl (C=O) groups is 2. The van der Waals surface area contributed by atoms with E-state index in [-0.39, 0.29) is 0 Å². The predicted molar refractivity (Wildman–Crippen MR) is 47.0 cm³/mol. The number of aliphatic hydroxyl groups excluding tert-OH is 1. The van der Waals surface area contributed by atoms with Crippen LogP contribution < -0.4 is 0 Å². The Morgan fingerprint density at radius 3 is 2.54 bits per heavy atom. The Hall–Kier alpha value is -1.62. The molecule has 0 spiro atoms. The average Bonchev–Trinajstić information content (AvgIpc) is 2.55. The Morgan fingerprint density at radius 2 is 2.08 bits per heavy atom. The van der Waals surface area contributed by atoms with E-state index in [1.54, 1.807) is 17.5 Å². The summed E-state index contributed by atoms with van der Waals surface area (Å²) in [6.07, 6.45) is 0.689. The number of allylic oxidation sites excluding steroid dienone is 1. The third kappa shape index (κ3) is 2.41. The van der Waals surface area contributed by atoms with E-state index < -0.39 is 17.5 Å². The third-order valence-electron chi connectivity index (χ3n) is 1.25. The van der Waals surface area contributed by atoms with Crippen molar-refractivity contribution in [3.63, 3.8) is 0 Å². The normalized spacial score (nSPS) is 11.2. The molecule has 5 heteroatoms. The van der Waals surface area contributed by atoms with Crippen LogP contribution in [0.25, 0.3) is 0 Å². The number of aliphatic hydroxyl groups is 1. The van der Waals surface area contributed by atoms with Crippen molar-refractivity contribution in [2.45, 2.75) is 0 Å². The molecule has 0 unspecified atom stereocenters. The molecule has 0 fully saturated rings. The summed E-state index contributed by atoms with van der Waals surface area (Å²) in [4.78, 5) is 21.7. The molecule has 0 aromatic carbocycles. The van der Waals surface area contributed by atoms with Crippen LogP contribution in [0.4, 0.5) is 0 Å². The van der Waals surface area contributed by atoms with Gasteiger partial charge in [-0.1, -0.05) is 6.07 Å². The fourth-order valence-electron chi connectivity index (χ4n) is 0.676. The maximum Gasteiger partial charge on any atom is 0.371 e. The van der Waals surface area contributed by atoms with Crippen molar-refractivity contribution >= 4 is 23.1 Å². The van der Waals surface area contributed by atoms with E-state index in [0.717, 1.165) is 0 Å². The van der Waals surface area contributed by atoms with Crippen molar-refractivity contribution in [2.75, 3.05) is 0 Å². The lowest BCUT2D eigenvalue weighted by atomic mass is 10.3. The molecule has 4 nitrogen and oxygen atoms in total. The highest BCUT2D eigenvalue weighted by Gasteiger charge is 2.09. The van der Waals surface area contributed by atoms with Crippen molar-refractivity contribution in [3.05, 3.63) is 34.2 Å². The lowest BCUT2D eigenvalue weighted by Gasteiger charge is -1.90. The molecule has 13 heavy (non-hydrogen) atoms. The van der Waals surface area contributed by atoms with Gasteiger partial charge in [-0.15, -0.1) is 11.3 Å². The topological polar surface area (TPSA) is 74.6 Å². The molecular formula is C8H6O4S. The van der Waals surface area contributed by atoms with Crippen LogP contribution >= 0.6 is 11.3 Å². The predicted octanol–water partition coefficient (Wildman–Crippen LogP) is 1.46. The summed E-state index contributed by atoms with van der Waals surface area (Å²) in [7, 11) is 0. The number of carboxylic acids is 1. The summed E-state index contributed by atoms with van der Waals surface area (Å²) in [5, 5.41) is 18.7. The second-order valence-electron chi connectivity index (χ2n) is 2.18. The van der Waals surface area contributed by atoms with Crippen LogP contribution in [0.5, 0.6) is 0 Å². The number of carboxylic acid groups (broad SMARTS) is 1. The molecular weight excluding hydrogens is 192 g/mol. The molecule has 0 aliphatic carbocycles. The molecule has 0 aliphatic rings. The summed E-state index contributed by atoms with van der Waals surface area (Å²) < 4.78 is 0. The molecule has 0 amide bonds. The molecule has 1 rings (SSSR count). The maximum atomic E-state index is 11.1. The molecule has 0 bridgehead atoms. The summed E-state index contributed by atoms with van der Waals surface area (Å²) >= 11 is 1.19. The van der Waals surface area contributed by atoms with Crippen LogP contribution in [-0.4, -0.2) is 22.0 Å². The summed E-state index contributed by atoms with van der Waals surface area (Å²) in [6, 6.07) is 3.22. The number of rotatable bonds is 3. The highest BCUT2D eigenvalue weighted by Crippen LogP contribution is 2.10. The van der Waals surface area contributed by atoms with Gasteiger partial charge in [0.25, 0.3) is 0 Å². The van der Waals surface area contributed by atoms with Crippen LogP contribution in [0.2, 0.25) is 0 Å². The molecule has 0 atom stereocenters.